The van der Waals surface area contributed by atoms with E-state index < -0.39 is 8.56 Å². The van der Waals surface area contributed by atoms with Crippen LogP contribution in [0.4, 0.5) is 0 Å². The van der Waals surface area contributed by atoms with Crippen LogP contribution in [-0.2, 0) is 18.4 Å². The number of carbonyl (C=O) groups excluding carboxylic acids is 1. The Balaban J connectivity index is 3.78. The van der Waals surface area contributed by atoms with Gasteiger partial charge in [0.25, 0.3) is 0 Å². The Kier molecular flexibility index (Phi) is 13.4. The van der Waals surface area contributed by atoms with E-state index in [9.17, 15) is 4.79 Å². The molecule has 0 aromatic carbocycles. The molecule has 0 aromatic rings. The third-order valence-corrected chi connectivity index (χ3v) is 7.83. The molecular formula is C18H36O4Si. The average molecular weight is 345 g/mol. The van der Waals surface area contributed by atoms with Gasteiger partial charge in [-0.25, -0.2) is 4.79 Å². The average Bonchev–Trinajstić information content (AvgIpc) is 2.54. The molecule has 1 atom stereocenters. The molecule has 0 aliphatic rings. The molecule has 136 valence electrons. The van der Waals surface area contributed by atoms with Gasteiger partial charge in [0.05, 0.1) is 6.10 Å². The van der Waals surface area contributed by atoms with Crippen molar-refractivity contribution in [2.75, 3.05) is 13.2 Å². The molecule has 0 N–H and O–H groups in total. The fraction of sp³-hybridized carbons (Fsp3) is 0.833. The third kappa shape index (κ3) is 10.7. The summed E-state index contributed by atoms with van der Waals surface area (Å²) in [6, 6.07) is 2.12. The standard InChI is InChI=1S/C18H36O4Si/c1-6-18(19)22-17(5)15-13-11-10-12-14-16-23(9-4,20-7-2)21-8-3/h6,17H,1,7-16H2,2-5H3. The lowest BCUT2D eigenvalue weighted by Crippen LogP contribution is -2.41. The molecule has 0 radical (unpaired) electrons. The van der Waals surface area contributed by atoms with Crippen LogP contribution in [0, 0.1) is 0 Å². The van der Waals surface area contributed by atoms with Crippen LogP contribution in [0.25, 0.3) is 0 Å². The van der Waals surface area contributed by atoms with Crippen LogP contribution in [0.1, 0.15) is 66.2 Å². The first kappa shape index (κ1) is 22.3. The zero-order valence-electron chi connectivity index (χ0n) is 15.6. The highest BCUT2D eigenvalue weighted by molar-refractivity contribution is 6.67. The van der Waals surface area contributed by atoms with Crippen molar-refractivity contribution in [3.63, 3.8) is 0 Å². The Bertz CT molecular complexity index is 314. The van der Waals surface area contributed by atoms with Crippen molar-refractivity contribution in [1.29, 1.82) is 0 Å². The molecule has 0 bridgehead atoms. The third-order valence-electron chi connectivity index (χ3n) is 4.01. The highest BCUT2D eigenvalue weighted by Gasteiger charge is 2.33. The van der Waals surface area contributed by atoms with Crippen molar-refractivity contribution in [3.05, 3.63) is 12.7 Å². The van der Waals surface area contributed by atoms with E-state index in [0.29, 0.717) is 0 Å². The normalized spacial score (nSPS) is 12.9. The summed E-state index contributed by atoms with van der Waals surface area (Å²) in [4.78, 5) is 11.1. The van der Waals surface area contributed by atoms with Crippen molar-refractivity contribution in [2.24, 2.45) is 0 Å². The van der Waals surface area contributed by atoms with Crippen molar-refractivity contribution >= 4 is 14.5 Å². The van der Waals surface area contributed by atoms with Crippen molar-refractivity contribution in [3.8, 4) is 0 Å². The first-order valence-corrected chi connectivity index (χ1v) is 11.4. The predicted molar refractivity (Wildman–Crippen MR) is 97.7 cm³/mol. The lowest BCUT2D eigenvalue weighted by Gasteiger charge is -2.28. The number of rotatable bonds is 15. The summed E-state index contributed by atoms with van der Waals surface area (Å²) in [5.41, 5.74) is 0. The van der Waals surface area contributed by atoms with Gasteiger partial charge >= 0.3 is 14.5 Å². The Morgan fingerprint density at radius 1 is 1.04 bits per heavy atom. The number of carbonyl (C=O) groups is 1. The van der Waals surface area contributed by atoms with Crippen molar-refractivity contribution in [1.82, 2.24) is 0 Å². The summed E-state index contributed by atoms with van der Waals surface area (Å²) in [7, 11) is -1.95. The van der Waals surface area contributed by atoms with Gasteiger partial charge in [0.2, 0.25) is 0 Å². The van der Waals surface area contributed by atoms with Crippen LogP contribution in [0.2, 0.25) is 12.1 Å². The van der Waals surface area contributed by atoms with Gasteiger partial charge < -0.3 is 13.6 Å². The molecular weight excluding hydrogens is 308 g/mol. The maximum absolute atomic E-state index is 11.1. The van der Waals surface area contributed by atoms with Crippen LogP contribution in [0.3, 0.4) is 0 Å². The van der Waals surface area contributed by atoms with Crippen molar-refractivity contribution < 1.29 is 18.4 Å². The van der Waals surface area contributed by atoms with E-state index in [1.807, 2.05) is 6.92 Å². The quantitative estimate of drug-likeness (QED) is 0.182. The van der Waals surface area contributed by atoms with Crippen LogP contribution >= 0.6 is 0 Å². The molecule has 0 aromatic heterocycles. The van der Waals surface area contributed by atoms with E-state index in [2.05, 4.69) is 27.4 Å². The summed E-state index contributed by atoms with van der Waals surface area (Å²) in [6.45, 7) is 13.1. The molecule has 0 spiro atoms. The fourth-order valence-electron chi connectivity index (χ4n) is 2.75. The number of esters is 1. The minimum atomic E-state index is -1.95. The van der Waals surface area contributed by atoms with Crippen LogP contribution in [0.15, 0.2) is 12.7 Å². The molecule has 0 heterocycles. The number of hydrogen-bond acceptors (Lipinski definition) is 4. The summed E-state index contributed by atoms with van der Waals surface area (Å²) in [6.07, 6.45) is 8.02. The Morgan fingerprint density at radius 3 is 2.13 bits per heavy atom. The van der Waals surface area contributed by atoms with E-state index in [-0.39, 0.29) is 12.1 Å². The maximum atomic E-state index is 11.1. The van der Waals surface area contributed by atoms with E-state index in [1.54, 1.807) is 0 Å². The van der Waals surface area contributed by atoms with Gasteiger partial charge in [0, 0.05) is 19.3 Å². The lowest BCUT2D eigenvalue weighted by molar-refractivity contribution is -0.142. The van der Waals surface area contributed by atoms with Gasteiger partial charge in [-0.3, -0.25) is 0 Å². The second kappa shape index (κ2) is 13.8. The highest BCUT2D eigenvalue weighted by atomic mass is 28.4. The van der Waals surface area contributed by atoms with Crippen LogP contribution < -0.4 is 0 Å². The van der Waals surface area contributed by atoms with Gasteiger partial charge in [0.1, 0.15) is 0 Å². The lowest BCUT2D eigenvalue weighted by atomic mass is 10.1. The zero-order chi connectivity index (χ0) is 17.6. The Morgan fingerprint density at radius 2 is 1.61 bits per heavy atom. The molecule has 0 saturated carbocycles. The fourth-order valence-corrected chi connectivity index (χ4v) is 5.73. The topological polar surface area (TPSA) is 44.8 Å². The minimum Gasteiger partial charge on any atom is -0.460 e. The molecule has 23 heavy (non-hydrogen) atoms. The van der Waals surface area contributed by atoms with Gasteiger partial charge in [-0.05, 0) is 45.7 Å². The van der Waals surface area contributed by atoms with E-state index in [0.717, 1.165) is 38.1 Å². The maximum Gasteiger partial charge on any atom is 0.337 e. The molecule has 0 amide bonds. The van der Waals surface area contributed by atoms with Gasteiger partial charge in [-0.2, -0.15) is 0 Å². The molecule has 0 rings (SSSR count). The summed E-state index contributed by atoms with van der Waals surface area (Å²) < 4.78 is 17.1. The minimum absolute atomic E-state index is 0.0171. The van der Waals surface area contributed by atoms with E-state index >= 15 is 0 Å². The van der Waals surface area contributed by atoms with Gasteiger partial charge in [-0.15, -0.1) is 0 Å². The Labute approximate surface area is 143 Å². The van der Waals surface area contributed by atoms with Crippen LogP contribution in [-0.4, -0.2) is 33.8 Å². The highest BCUT2D eigenvalue weighted by Crippen LogP contribution is 2.23. The van der Waals surface area contributed by atoms with Crippen molar-refractivity contribution in [2.45, 2.75) is 84.4 Å². The summed E-state index contributed by atoms with van der Waals surface area (Å²) in [5, 5.41) is 0. The largest absolute Gasteiger partial charge is 0.460 e. The SMILES string of the molecule is C=CC(=O)OC(C)CCCCCCC[Si](CC)(OCC)OCC. The smallest absolute Gasteiger partial charge is 0.337 e. The van der Waals surface area contributed by atoms with Crippen LogP contribution in [0.5, 0.6) is 0 Å². The first-order valence-electron chi connectivity index (χ1n) is 9.14. The molecule has 5 heteroatoms. The zero-order valence-corrected chi connectivity index (χ0v) is 16.6. The second-order valence-corrected chi connectivity index (χ2v) is 9.49. The molecule has 0 fully saturated rings. The number of ether oxygens (including phenoxy) is 1. The molecule has 0 saturated heterocycles. The molecule has 4 nitrogen and oxygen atoms in total. The van der Waals surface area contributed by atoms with Gasteiger partial charge in [-0.1, -0.05) is 39.2 Å². The van der Waals surface area contributed by atoms with E-state index in [1.165, 1.54) is 31.8 Å². The monoisotopic (exact) mass is 344 g/mol. The second-order valence-electron chi connectivity index (χ2n) is 5.89. The van der Waals surface area contributed by atoms with Gasteiger partial charge in [0.15, 0.2) is 0 Å². The number of hydrogen-bond donors (Lipinski definition) is 0. The summed E-state index contributed by atoms with van der Waals surface area (Å²) >= 11 is 0. The Hall–Kier alpha value is -0.653. The first-order chi connectivity index (χ1) is 11.0. The molecule has 1 unspecified atom stereocenters. The molecule has 0 aliphatic heterocycles. The number of unbranched alkanes of at least 4 members (excludes halogenated alkanes) is 4. The predicted octanol–water partition coefficient (Wildman–Crippen LogP) is 4.98. The molecule has 0 aliphatic carbocycles. The summed E-state index contributed by atoms with van der Waals surface area (Å²) in [5.74, 6) is -0.329. The van der Waals surface area contributed by atoms with E-state index in [4.69, 9.17) is 13.6 Å².